The lowest BCUT2D eigenvalue weighted by Gasteiger charge is -2.38. The van der Waals surface area contributed by atoms with Gasteiger partial charge in [-0.2, -0.15) is 0 Å². The molecule has 3 unspecified atom stereocenters. The molecule has 0 aliphatic carbocycles. The molecule has 1 saturated heterocycles. The molecule has 0 aromatic heterocycles. The maximum atomic E-state index is 3.57. The van der Waals surface area contributed by atoms with E-state index in [1.165, 1.54) is 38.6 Å². The summed E-state index contributed by atoms with van der Waals surface area (Å²) < 4.78 is 0. The summed E-state index contributed by atoms with van der Waals surface area (Å²) in [5, 5.41) is 3.57. The minimum Gasteiger partial charge on any atom is -0.316 e. The average Bonchev–Trinajstić information content (AvgIpc) is 2.68. The Labute approximate surface area is 115 Å². The van der Waals surface area contributed by atoms with Crippen LogP contribution in [0, 0.1) is 5.41 Å². The zero-order chi connectivity index (χ0) is 13.6. The molecule has 0 saturated carbocycles. The largest absolute Gasteiger partial charge is 0.316 e. The first-order valence-electron chi connectivity index (χ1n) is 8.02. The van der Waals surface area contributed by atoms with Gasteiger partial charge in [-0.1, -0.05) is 34.1 Å². The Balaban J connectivity index is 2.63. The molecule has 108 valence electrons. The van der Waals surface area contributed by atoms with Crippen LogP contribution in [0.2, 0.25) is 0 Å². The van der Waals surface area contributed by atoms with Gasteiger partial charge in [-0.15, -0.1) is 0 Å². The van der Waals surface area contributed by atoms with E-state index in [1.807, 2.05) is 0 Å². The van der Waals surface area contributed by atoms with Crippen LogP contribution in [-0.4, -0.2) is 36.6 Å². The van der Waals surface area contributed by atoms with Gasteiger partial charge in [0.15, 0.2) is 0 Å². The molecule has 1 aliphatic heterocycles. The predicted octanol–water partition coefficient (Wildman–Crippen LogP) is 3.67. The Morgan fingerprint density at radius 2 is 1.94 bits per heavy atom. The summed E-state index contributed by atoms with van der Waals surface area (Å²) >= 11 is 0. The van der Waals surface area contributed by atoms with Crippen molar-refractivity contribution in [1.82, 2.24) is 10.2 Å². The molecule has 1 aliphatic rings. The summed E-state index contributed by atoms with van der Waals surface area (Å²) in [4.78, 5) is 2.78. The van der Waals surface area contributed by atoms with E-state index in [9.17, 15) is 0 Å². The van der Waals surface area contributed by atoms with E-state index in [0.29, 0.717) is 5.41 Å². The molecular weight excluding hydrogens is 220 g/mol. The molecule has 3 atom stereocenters. The predicted molar refractivity (Wildman–Crippen MR) is 81.0 cm³/mol. The Kier molecular flexibility index (Phi) is 6.65. The van der Waals surface area contributed by atoms with Crippen molar-refractivity contribution in [3.05, 3.63) is 0 Å². The number of hydrogen-bond donors (Lipinski definition) is 1. The van der Waals surface area contributed by atoms with E-state index in [1.54, 1.807) is 0 Å². The molecule has 1 fully saturated rings. The molecule has 2 heteroatoms. The fourth-order valence-electron chi connectivity index (χ4n) is 3.54. The van der Waals surface area contributed by atoms with Crippen LogP contribution in [0.5, 0.6) is 0 Å². The first-order valence-corrected chi connectivity index (χ1v) is 8.02. The topological polar surface area (TPSA) is 15.3 Å². The van der Waals surface area contributed by atoms with Gasteiger partial charge < -0.3 is 5.32 Å². The van der Waals surface area contributed by atoms with E-state index >= 15 is 0 Å². The Morgan fingerprint density at radius 3 is 2.50 bits per heavy atom. The summed E-state index contributed by atoms with van der Waals surface area (Å²) in [6.45, 7) is 15.3. The van der Waals surface area contributed by atoms with E-state index in [-0.39, 0.29) is 0 Å². The van der Waals surface area contributed by atoms with Gasteiger partial charge in [0.25, 0.3) is 0 Å². The molecule has 0 bridgehead atoms. The second kappa shape index (κ2) is 7.49. The van der Waals surface area contributed by atoms with Gasteiger partial charge in [0.1, 0.15) is 0 Å². The van der Waals surface area contributed by atoms with E-state index < -0.39 is 0 Å². The maximum Gasteiger partial charge on any atom is 0.00962 e. The minimum atomic E-state index is 0.441. The number of likely N-dealkylation sites (tertiary alicyclic amines) is 1. The van der Waals surface area contributed by atoms with Crippen LogP contribution in [0.3, 0.4) is 0 Å². The van der Waals surface area contributed by atoms with E-state index in [4.69, 9.17) is 0 Å². The van der Waals surface area contributed by atoms with Crippen molar-refractivity contribution in [3.63, 3.8) is 0 Å². The number of nitrogens with zero attached hydrogens (tertiary/aromatic N) is 1. The highest BCUT2D eigenvalue weighted by Gasteiger charge is 2.34. The Morgan fingerprint density at radius 1 is 1.22 bits per heavy atom. The first kappa shape index (κ1) is 16.0. The molecule has 2 nitrogen and oxygen atoms in total. The smallest absolute Gasteiger partial charge is 0.00962 e. The summed E-state index contributed by atoms with van der Waals surface area (Å²) in [6, 6.07) is 1.62. The average molecular weight is 254 g/mol. The Bertz CT molecular complexity index is 229. The second-order valence-corrected chi connectivity index (χ2v) is 6.50. The van der Waals surface area contributed by atoms with Crippen molar-refractivity contribution in [1.29, 1.82) is 0 Å². The highest BCUT2D eigenvalue weighted by molar-refractivity contribution is 4.90. The van der Waals surface area contributed by atoms with Crippen LogP contribution in [0.15, 0.2) is 0 Å². The van der Waals surface area contributed by atoms with E-state index in [0.717, 1.165) is 25.2 Å². The van der Waals surface area contributed by atoms with Crippen molar-refractivity contribution >= 4 is 0 Å². The summed E-state index contributed by atoms with van der Waals surface area (Å²) in [5.74, 6) is 0. The van der Waals surface area contributed by atoms with Gasteiger partial charge in [0.2, 0.25) is 0 Å². The third kappa shape index (κ3) is 4.24. The third-order valence-electron chi connectivity index (χ3n) is 4.64. The number of rotatable bonds is 8. The van der Waals surface area contributed by atoms with Crippen molar-refractivity contribution in [2.75, 3.05) is 19.6 Å². The molecule has 0 spiro atoms. The lowest BCUT2D eigenvalue weighted by atomic mass is 9.84. The molecule has 0 aromatic rings. The Hall–Kier alpha value is -0.0800. The van der Waals surface area contributed by atoms with Crippen LogP contribution in [0.4, 0.5) is 0 Å². The van der Waals surface area contributed by atoms with Gasteiger partial charge in [0, 0.05) is 25.2 Å². The second-order valence-electron chi connectivity index (χ2n) is 6.50. The highest BCUT2D eigenvalue weighted by atomic mass is 15.2. The van der Waals surface area contributed by atoms with Crippen molar-refractivity contribution in [2.45, 2.75) is 78.8 Å². The van der Waals surface area contributed by atoms with Gasteiger partial charge in [-0.3, -0.25) is 4.90 Å². The van der Waals surface area contributed by atoms with Crippen molar-refractivity contribution in [3.8, 4) is 0 Å². The van der Waals surface area contributed by atoms with Crippen LogP contribution in [-0.2, 0) is 0 Å². The zero-order valence-corrected chi connectivity index (χ0v) is 13.3. The number of nitrogens with one attached hydrogen (secondary N) is 1. The van der Waals surface area contributed by atoms with Gasteiger partial charge in [-0.05, 0) is 44.6 Å². The maximum absolute atomic E-state index is 3.57. The molecule has 1 rings (SSSR count). The van der Waals surface area contributed by atoms with Crippen LogP contribution in [0.1, 0.15) is 66.7 Å². The quantitative estimate of drug-likeness (QED) is 0.711. The molecular formula is C16H34N2. The normalized spacial score (nSPS) is 28.5. The highest BCUT2D eigenvalue weighted by Crippen LogP contribution is 2.32. The fraction of sp³-hybridized carbons (Fsp3) is 1.00. The summed E-state index contributed by atoms with van der Waals surface area (Å²) in [5.41, 5.74) is 0.441. The molecule has 1 heterocycles. The standard InChI is InChI=1S/C16H34N2/c1-6-11-16(5,12-17-8-3)13-18-14(4)9-10-15(18)7-2/h14-15,17H,6-13H2,1-5H3. The number of hydrogen-bond acceptors (Lipinski definition) is 2. The first-order chi connectivity index (χ1) is 8.56. The lowest BCUT2D eigenvalue weighted by Crippen LogP contribution is -2.46. The van der Waals surface area contributed by atoms with Crippen molar-refractivity contribution in [2.24, 2.45) is 5.41 Å². The molecule has 18 heavy (non-hydrogen) atoms. The molecule has 1 N–H and O–H groups in total. The summed E-state index contributed by atoms with van der Waals surface area (Å²) in [6.07, 6.45) is 6.73. The van der Waals surface area contributed by atoms with E-state index in [2.05, 4.69) is 44.8 Å². The molecule has 0 amide bonds. The summed E-state index contributed by atoms with van der Waals surface area (Å²) in [7, 11) is 0. The monoisotopic (exact) mass is 254 g/mol. The molecule has 0 radical (unpaired) electrons. The molecule has 0 aromatic carbocycles. The van der Waals surface area contributed by atoms with Crippen LogP contribution in [0.25, 0.3) is 0 Å². The van der Waals surface area contributed by atoms with Gasteiger partial charge >= 0.3 is 0 Å². The fourth-order valence-corrected chi connectivity index (χ4v) is 3.54. The minimum absolute atomic E-state index is 0.441. The van der Waals surface area contributed by atoms with Gasteiger partial charge in [-0.25, -0.2) is 0 Å². The lowest BCUT2D eigenvalue weighted by molar-refractivity contribution is 0.109. The van der Waals surface area contributed by atoms with Crippen LogP contribution < -0.4 is 5.32 Å². The van der Waals surface area contributed by atoms with Gasteiger partial charge in [0.05, 0.1) is 0 Å². The third-order valence-corrected chi connectivity index (χ3v) is 4.64. The zero-order valence-electron chi connectivity index (χ0n) is 13.3. The SMILES string of the molecule is CCCC(C)(CNCC)CN1C(C)CCC1CC. The van der Waals surface area contributed by atoms with Crippen LogP contribution >= 0.6 is 0 Å². The van der Waals surface area contributed by atoms with Crippen molar-refractivity contribution < 1.29 is 0 Å².